The van der Waals surface area contributed by atoms with E-state index in [2.05, 4.69) is 0 Å². The van der Waals surface area contributed by atoms with Crippen molar-refractivity contribution in [3.8, 4) is 0 Å². The van der Waals surface area contributed by atoms with Crippen LogP contribution in [-0.4, -0.2) is 6.04 Å². The molecule has 0 unspecified atom stereocenters. The van der Waals surface area contributed by atoms with Crippen LogP contribution in [0.15, 0.2) is 0 Å². The van der Waals surface area contributed by atoms with Gasteiger partial charge in [-0.25, -0.2) is 0 Å². The molecule has 1 heteroatoms. The summed E-state index contributed by atoms with van der Waals surface area (Å²) in [5.41, 5.74) is 5.72. The van der Waals surface area contributed by atoms with E-state index < -0.39 is 0 Å². The molecule has 0 aromatic heterocycles. The van der Waals surface area contributed by atoms with Crippen LogP contribution in [0.5, 0.6) is 0 Å². The molecule has 2 bridgehead atoms. The lowest BCUT2D eigenvalue weighted by atomic mass is 9.84. The molecule has 0 spiro atoms. The number of fused-ring (bicyclic) bond motifs is 1. The third kappa shape index (κ3) is 0.367. The van der Waals surface area contributed by atoms with Crippen LogP contribution < -0.4 is 5.73 Å². The van der Waals surface area contributed by atoms with Gasteiger partial charge in [-0.1, -0.05) is 0 Å². The van der Waals surface area contributed by atoms with E-state index in [4.69, 9.17) is 5.73 Å². The lowest BCUT2D eigenvalue weighted by Gasteiger charge is -2.22. The molecule has 40 valence electrons. The van der Waals surface area contributed by atoms with Gasteiger partial charge in [-0.15, -0.1) is 0 Å². The van der Waals surface area contributed by atoms with Gasteiger partial charge < -0.3 is 5.73 Å². The number of nitrogens with two attached hydrogens (primary N) is 1. The molecule has 0 saturated heterocycles. The summed E-state index contributed by atoms with van der Waals surface area (Å²) in [6.45, 7) is 0. The van der Waals surface area contributed by atoms with Crippen LogP contribution in [0.2, 0.25) is 0 Å². The van der Waals surface area contributed by atoms with Gasteiger partial charge in [0.15, 0.2) is 0 Å². The first-order chi connectivity index (χ1) is 3.36. The molecule has 7 heavy (non-hydrogen) atoms. The summed E-state index contributed by atoms with van der Waals surface area (Å²) in [6.07, 6.45) is 4.22. The number of hydrogen-bond acceptors (Lipinski definition) is 1. The molecule has 0 radical (unpaired) electrons. The van der Waals surface area contributed by atoms with Gasteiger partial charge in [0.2, 0.25) is 0 Å². The predicted octanol–water partition coefficient (Wildman–Crippen LogP) is 0.744. The summed E-state index contributed by atoms with van der Waals surface area (Å²) in [4.78, 5) is 0. The van der Waals surface area contributed by atoms with Gasteiger partial charge in [0.25, 0.3) is 0 Å². The van der Waals surface area contributed by atoms with Crippen molar-refractivity contribution in [1.82, 2.24) is 0 Å². The Morgan fingerprint density at radius 1 is 1.14 bits per heavy atom. The highest BCUT2D eigenvalue weighted by molar-refractivity contribution is 4.96. The summed E-state index contributed by atoms with van der Waals surface area (Å²) >= 11 is 0. The second kappa shape index (κ2) is 1.03. The molecular formula is C6H11N. The van der Waals surface area contributed by atoms with Gasteiger partial charge in [-0.05, 0) is 31.1 Å². The Labute approximate surface area is 43.9 Å². The van der Waals surface area contributed by atoms with E-state index in [1.54, 1.807) is 0 Å². The molecule has 3 saturated carbocycles. The van der Waals surface area contributed by atoms with Crippen LogP contribution in [0.25, 0.3) is 0 Å². The van der Waals surface area contributed by atoms with Crippen molar-refractivity contribution >= 4 is 0 Å². The average molecular weight is 97.2 g/mol. The normalized spacial score (nSPS) is 57.0. The summed E-state index contributed by atoms with van der Waals surface area (Å²) in [7, 11) is 0. The smallest absolute Gasteiger partial charge is 0.00700 e. The van der Waals surface area contributed by atoms with Crippen molar-refractivity contribution in [3.63, 3.8) is 0 Å². The summed E-state index contributed by atoms with van der Waals surface area (Å²) in [6, 6.07) is 0.588. The zero-order valence-corrected chi connectivity index (χ0v) is 4.43. The van der Waals surface area contributed by atoms with E-state index in [-0.39, 0.29) is 0 Å². The minimum absolute atomic E-state index is 0.588. The fraction of sp³-hybridized carbons (Fsp3) is 1.00. The standard InChI is InChI=1S/C6H11N/c7-6-3-4-1-5(6)2-4/h4-6H,1-3,7H2/t4?,5?,6-/m1/s1. The Hall–Kier alpha value is -0.0400. The Morgan fingerprint density at radius 3 is 2.00 bits per heavy atom. The van der Waals surface area contributed by atoms with Crippen molar-refractivity contribution in [2.45, 2.75) is 25.3 Å². The van der Waals surface area contributed by atoms with Crippen molar-refractivity contribution in [3.05, 3.63) is 0 Å². The van der Waals surface area contributed by atoms with E-state index in [9.17, 15) is 0 Å². The fourth-order valence-electron chi connectivity index (χ4n) is 1.91. The topological polar surface area (TPSA) is 26.0 Å². The van der Waals surface area contributed by atoms with Crippen LogP contribution >= 0.6 is 0 Å². The fourth-order valence-corrected chi connectivity index (χ4v) is 1.91. The zero-order chi connectivity index (χ0) is 4.85. The molecule has 3 rings (SSSR count). The lowest BCUT2D eigenvalue weighted by Crippen LogP contribution is -2.23. The molecule has 3 fully saturated rings. The SMILES string of the molecule is N[C@@H]1CC2CC1C2. The molecule has 0 aliphatic heterocycles. The third-order valence-electron chi connectivity index (χ3n) is 2.48. The number of rotatable bonds is 0. The molecular weight excluding hydrogens is 86.1 g/mol. The van der Waals surface area contributed by atoms with E-state index in [0.717, 1.165) is 11.8 Å². The highest BCUT2D eigenvalue weighted by Gasteiger charge is 2.41. The van der Waals surface area contributed by atoms with E-state index in [1.807, 2.05) is 0 Å². The Morgan fingerprint density at radius 2 is 1.86 bits per heavy atom. The third-order valence-corrected chi connectivity index (χ3v) is 2.48. The first kappa shape index (κ1) is 3.90. The van der Waals surface area contributed by atoms with Gasteiger partial charge in [0, 0.05) is 6.04 Å². The summed E-state index contributed by atoms with van der Waals surface area (Å²) in [5.74, 6) is 1.98. The molecule has 0 heterocycles. The van der Waals surface area contributed by atoms with Gasteiger partial charge in [0.05, 0.1) is 0 Å². The van der Waals surface area contributed by atoms with Crippen LogP contribution in [0.4, 0.5) is 0 Å². The minimum atomic E-state index is 0.588. The second-order valence-corrected chi connectivity index (χ2v) is 3.00. The van der Waals surface area contributed by atoms with Crippen molar-refractivity contribution in [2.24, 2.45) is 17.6 Å². The highest BCUT2D eigenvalue weighted by atomic mass is 14.7. The Balaban J connectivity index is 2.13. The summed E-state index contributed by atoms with van der Waals surface area (Å²) in [5, 5.41) is 0. The van der Waals surface area contributed by atoms with E-state index in [1.165, 1.54) is 19.3 Å². The maximum atomic E-state index is 5.72. The monoisotopic (exact) mass is 97.1 g/mol. The van der Waals surface area contributed by atoms with Crippen LogP contribution in [0.3, 0.4) is 0 Å². The van der Waals surface area contributed by atoms with Gasteiger partial charge in [0.1, 0.15) is 0 Å². The van der Waals surface area contributed by atoms with Crippen molar-refractivity contribution in [2.75, 3.05) is 0 Å². The molecule has 1 nitrogen and oxygen atoms in total. The molecule has 3 aliphatic rings. The van der Waals surface area contributed by atoms with Crippen LogP contribution in [0.1, 0.15) is 19.3 Å². The maximum absolute atomic E-state index is 5.72. The predicted molar refractivity (Wildman–Crippen MR) is 28.8 cm³/mol. The largest absolute Gasteiger partial charge is 0.327 e. The van der Waals surface area contributed by atoms with Gasteiger partial charge >= 0.3 is 0 Å². The zero-order valence-electron chi connectivity index (χ0n) is 4.43. The molecule has 1 atom stereocenters. The Kier molecular flexibility index (Phi) is 0.571. The molecule has 3 aliphatic carbocycles. The quantitative estimate of drug-likeness (QED) is 0.474. The van der Waals surface area contributed by atoms with Crippen LogP contribution in [-0.2, 0) is 0 Å². The first-order valence-electron chi connectivity index (χ1n) is 3.12. The molecule has 0 aromatic rings. The highest BCUT2D eigenvalue weighted by Crippen LogP contribution is 2.47. The maximum Gasteiger partial charge on any atom is 0.00700 e. The van der Waals surface area contributed by atoms with Crippen molar-refractivity contribution in [1.29, 1.82) is 0 Å². The van der Waals surface area contributed by atoms with Gasteiger partial charge in [-0.3, -0.25) is 0 Å². The van der Waals surface area contributed by atoms with Crippen molar-refractivity contribution < 1.29 is 0 Å². The lowest BCUT2D eigenvalue weighted by molar-refractivity contribution is 0.295. The van der Waals surface area contributed by atoms with Crippen LogP contribution in [0, 0.1) is 11.8 Å². The molecule has 0 amide bonds. The average Bonchev–Trinajstić information content (AvgIpc) is 1.85. The number of hydrogen-bond donors (Lipinski definition) is 1. The van der Waals surface area contributed by atoms with Gasteiger partial charge in [-0.2, -0.15) is 0 Å². The second-order valence-electron chi connectivity index (χ2n) is 3.00. The first-order valence-corrected chi connectivity index (χ1v) is 3.12. The summed E-state index contributed by atoms with van der Waals surface area (Å²) < 4.78 is 0. The van der Waals surface area contributed by atoms with E-state index in [0.29, 0.717) is 6.04 Å². The minimum Gasteiger partial charge on any atom is -0.327 e. The van der Waals surface area contributed by atoms with E-state index >= 15 is 0 Å². The molecule has 2 N–H and O–H groups in total. The Bertz CT molecular complexity index is 84.2. The molecule has 0 aromatic carbocycles.